The summed E-state index contributed by atoms with van der Waals surface area (Å²) in [6.07, 6.45) is 4.35. The average Bonchev–Trinajstić information content (AvgIpc) is 3.64. The molecule has 3 aliphatic heterocycles. The summed E-state index contributed by atoms with van der Waals surface area (Å²) in [4.78, 5) is 48.4. The van der Waals surface area contributed by atoms with Crippen molar-refractivity contribution in [3.8, 4) is 0 Å². The molecule has 6 atom stereocenters. The number of carbonyl (C=O) groups is 3. The number of nitrogens with zero attached hydrogens (tertiary/aromatic N) is 3. The summed E-state index contributed by atoms with van der Waals surface area (Å²) in [6, 6.07) is 13.7. The molecule has 0 aliphatic carbocycles. The first-order chi connectivity index (χ1) is 20.2. The number of likely N-dealkylation sites (tertiary alicyclic amines) is 1. The predicted octanol–water partition coefficient (Wildman–Crippen LogP) is 4.19. The zero-order valence-corrected chi connectivity index (χ0v) is 24.7. The molecule has 8 nitrogen and oxygen atoms in total. The number of aliphatic hydroxyl groups excluding tert-OH is 1. The molecule has 2 aromatic rings. The highest BCUT2D eigenvalue weighted by molar-refractivity contribution is 6.07. The lowest BCUT2D eigenvalue weighted by Crippen LogP contribution is -2.59. The lowest BCUT2D eigenvalue weighted by molar-refractivity contribution is -0.144. The fraction of sp³-hybridized carbons (Fsp3) is 0.441. The van der Waals surface area contributed by atoms with E-state index in [0.717, 1.165) is 16.8 Å². The van der Waals surface area contributed by atoms with Crippen LogP contribution in [0.3, 0.4) is 0 Å². The van der Waals surface area contributed by atoms with Crippen molar-refractivity contribution in [1.82, 2.24) is 4.90 Å². The third-order valence-electron chi connectivity index (χ3n) is 9.21. The van der Waals surface area contributed by atoms with Crippen LogP contribution in [0.2, 0.25) is 0 Å². The largest absolute Gasteiger partial charge is 0.394 e. The number of ether oxygens (including phenoxy) is 1. The summed E-state index contributed by atoms with van der Waals surface area (Å²) in [6.45, 7) is 13.8. The first-order valence-corrected chi connectivity index (χ1v) is 14.8. The molecular weight excluding hydrogens is 530 g/mol. The SMILES string of the molecule is C=CCN(C(=O)[C@@H]1[C@@H]2CCC3(O2)C(C(=O)N(CC=C)c2cc(C)ccc2C)N([C@@H](CC)CO)C(=O)[C@H]13)c1ccccc1. The first kappa shape index (κ1) is 29.7. The monoisotopic (exact) mass is 571 g/mol. The van der Waals surface area contributed by atoms with Gasteiger partial charge in [-0.2, -0.15) is 0 Å². The third-order valence-corrected chi connectivity index (χ3v) is 9.21. The molecule has 3 saturated heterocycles. The van der Waals surface area contributed by atoms with Crippen molar-refractivity contribution in [2.24, 2.45) is 11.8 Å². The van der Waals surface area contributed by atoms with Crippen molar-refractivity contribution in [1.29, 1.82) is 0 Å². The van der Waals surface area contributed by atoms with Gasteiger partial charge in [0.15, 0.2) is 0 Å². The number of hydrogen-bond donors (Lipinski definition) is 1. The molecule has 1 spiro atoms. The molecule has 3 aliphatic rings. The van der Waals surface area contributed by atoms with E-state index in [-0.39, 0.29) is 37.4 Å². The highest BCUT2D eigenvalue weighted by Crippen LogP contribution is 2.59. The average molecular weight is 572 g/mol. The molecule has 0 radical (unpaired) electrons. The summed E-state index contributed by atoms with van der Waals surface area (Å²) in [7, 11) is 0. The lowest BCUT2D eigenvalue weighted by atomic mass is 9.70. The van der Waals surface area contributed by atoms with Gasteiger partial charge in [-0.1, -0.05) is 49.4 Å². The van der Waals surface area contributed by atoms with E-state index in [1.807, 2.05) is 69.3 Å². The molecule has 8 heteroatoms. The Labute approximate surface area is 248 Å². The molecule has 222 valence electrons. The van der Waals surface area contributed by atoms with E-state index in [1.165, 1.54) is 4.90 Å². The van der Waals surface area contributed by atoms with E-state index < -0.39 is 35.6 Å². The topological polar surface area (TPSA) is 90.4 Å². The Morgan fingerprint density at radius 2 is 1.79 bits per heavy atom. The molecular formula is C34H41N3O5. The zero-order chi connectivity index (χ0) is 30.2. The molecule has 3 amide bonds. The zero-order valence-electron chi connectivity index (χ0n) is 24.7. The van der Waals surface area contributed by atoms with Crippen molar-refractivity contribution in [3.05, 3.63) is 85.0 Å². The molecule has 0 aromatic heterocycles. The van der Waals surface area contributed by atoms with Crippen LogP contribution in [0, 0.1) is 25.7 Å². The normalized spacial score (nSPS) is 26.6. The fourth-order valence-corrected chi connectivity index (χ4v) is 7.29. The summed E-state index contributed by atoms with van der Waals surface area (Å²) in [5, 5.41) is 10.4. The van der Waals surface area contributed by atoms with Gasteiger partial charge in [0.25, 0.3) is 5.91 Å². The van der Waals surface area contributed by atoms with Gasteiger partial charge in [0.1, 0.15) is 11.6 Å². The van der Waals surface area contributed by atoms with Crippen LogP contribution in [0.5, 0.6) is 0 Å². The molecule has 2 bridgehead atoms. The molecule has 2 aromatic carbocycles. The van der Waals surface area contributed by atoms with E-state index in [4.69, 9.17) is 4.74 Å². The number of fused-ring (bicyclic) bond motifs is 1. The minimum Gasteiger partial charge on any atom is -0.394 e. The molecule has 0 saturated carbocycles. The number of hydrogen-bond acceptors (Lipinski definition) is 5. The molecule has 1 N–H and O–H groups in total. The number of aliphatic hydroxyl groups is 1. The quantitative estimate of drug-likeness (QED) is 0.409. The minimum atomic E-state index is -1.17. The van der Waals surface area contributed by atoms with Gasteiger partial charge in [-0.25, -0.2) is 0 Å². The van der Waals surface area contributed by atoms with Gasteiger partial charge in [0.2, 0.25) is 11.8 Å². The van der Waals surface area contributed by atoms with Crippen molar-refractivity contribution in [2.75, 3.05) is 29.5 Å². The number of amides is 3. The van der Waals surface area contributed by atoms with Gasteiger partial charge in [-0.05, 0) is 62.4 Å². The van der Waals surface area contributed by atoms with Gasteiger partial charge in [-0.15, -0.1) is 13.2 Å². The van der Waals surface area contributed by atoms with Crippen LogP contribution in [0.4, 0.5) is 11.4 Å². The summed E-state index contributed by atoms with van der Waals surface area (Å²) in [5.74, 6) is -2.39. The molecule has 3 heterocycles. The third kappa shape index (κ3) is 4.67. The summed E-state index contributed by atoms with van der Waals surface area (Å²) >= 11 is 0. The Balaban J connectivity index is 1.61. The maximum absolute atomic E-state index is 14.8. The Morgan fingerprint density at radius 3 is 2.43 bits per heavy atom. The molecule has 42 heavy (non-hydrogen) atoms. The van der Waals surface area contributed by atoms with Crippen molar-refractivity contribution >= 4 is 29.1 Å². The standard InChI is InChI=1S/C34H41N3O5/c1-6-18-35(25-12-10-9-11-13-25)31(39)28-27-16-17-34(42-27)29(28)32(40)37(24(8-3)21-38)30(34)33(41)36(19-7-2)26-20-22(4)14-15-23(26)5/h6-7,9-15,20,24,27-30,38H,1-2,8,16-19,21H2,3-5H3/t24-,27-,28+,29-,30?,34?/m0/s1. The van der Waals surface area contributed by atoms with E-state index in [2.05, 4.69) is 13.2 Å². The minimum absolute atomic E-state index is 0.214. The fourth-order valence-electron chi connectivity index (χ4n) is 7.29. The van der Waals surface area contributed by atoms with Crippen LogP contribution in [0.1, 0.15) is 37.3 Å². The van der Waals surface area contributed by atoms with Crippen LogP contribution >= 0.6 is 0 Å². The second kappa shape index (κ2) is 11.9. The first-order valence-electron chi connectivity index (χ1n) is 14.8. The Bertz CT molecular complexity index is 1370. The van der Waals surface area contributed by atoms with Gasteiger partial charge in [0, 0.05) is 24.5 Å². The summed E-state index contributed by atoms with van der Waals surface area (Å²) < 4.78 is 6.68. The number of rotatable bonds is 11. The van der Waals surface area contributed by atoms with Crippen molar-refractivity contribution < 1.29 is 24.2 Å². The Morgan fingerprint density at radius 1 is 1.10 bits per heavy atom. The highest BCUT2D eigenvalue weighted by Gasteiger charge is 2.75. The van der Waals surface area contributed by atoms with Crippen LogP contribution in [-0.4, -0.2) is 71.2 Å². The van der Waals surface area contributed by atoms with Gasteiger partial charge < -0.3 is 24.5 Å². The number of anilines is 2. The van der Waals surface area contributed by atoms with Gasteiger partial charge in [0.05, 0.1) is 30.6 Å². The van der Waals surface area contributed by atoms with E-state index in [0.29, 0.717) is 24.9 Å². The lowest BCUT2D eigenvalue weighted by Gasteiger charge is -2.39. The van der Waals surface area contributed by atoms with Crippen LogP contribution in [-0.2, 0) is 19.1 Å². The second-order valence-electron chi connectivity index (χ2n) is 11.6. The maximum Gasteiger partial charge on any atom is 0.253 e. The van der Waals surface area contributed by atoms with E-state index in [9.17, 15) is 19.5 Å². The Hall–Kier alpha value is -3.75. The van der Waals surface area contributed by atoms with Gasteiger partial charge in [-0.3, -0.25) is 14.4 Å². The number of carbonyl (C=O) groups excluding carboxylic acids is 3. The van der Waals surface area contributed by atoms with Crippen LogP contribution in [0.25, 0.3) is 0 Å². The predicted molar refractivity (Wildman–Crippen MR) is 163 cm³/mol. The van der Waals surface area contributed by atoms with Crippen LogP contribution < -0.4 is 9.80 Å². The Kier molecular flexibility index (Phi) is 8.39. The van der Waals surface area contributed by atoms with E-state index in [1.54, 1.807) is 22.0 Å². The molecule has 5 rings (SSSR count). The summed E-state index contributed by atoms with van der Waals surface area (Å²) in [5.41, 5.74) is 2.20. The second-order valence-corrected chi connectivity index (χ2v) is 11.6. The molecule has 3 fully saturated rings. The highest BCUT2D eigenvalue weighted by atomic mass is 16.5. The molecule has 2 unspecified atom stereocenters. The van der Waals surface area contributed by atoms with Crippen LogP contribution in [0.15, 0.2) is 73.8 Å². The van der Waals surface area contributed by atoms with Crippen molar-refractivity contribution in [3.63, 3.8) is 0 Å². The maximum atomic E-state index is 14.8. The number of benzene rings is 2. The van der Waals surface area contributed by atoms with E-state index >= 15 is 0 Å². The van der Waals surface area contributed by atoms with Gasteiger partial charge >= 0.3 is 0 Å². The van der Waals surface area contributed by atoms with Crippen molar-refractivity contribution in [2.45, 2.75) is 63.8 Å². The number of para-hydroxylation sites is 1. The smallest absolute Gasteiger partial charge is 0.253 e. The number of aryl methyl sites for hydroxylation is 2.